The Morgan fingerprint density at radius 1 is 1.28 bits per heavy atom. The van der Waals surface area contributed by atoms with Crippen LogP contribution in [0.1, 0.15) is 31.2 Å². The first-order chi connectivity index (χ1) is 14.2. The van der Waals surface area contributed by atoms with Gasteiger partial charge in [0, 0.05) is 39.1 Å². The van der Waals surface area contributed by atoms with Crippen LogP contribution in [0, 0.1) is 0 Å². The molecule has 2 N–H and O–H groups in total. The summed E-state index contributed by atoms with van der Waals surface area (Å²) in [5.41, 5.74) is 1.24. The first-order valence-electron chi connectivity index (χ1n) is 10.4. The molecule has 0 bridgehead atoms. The molecule has 8 heteroatoms. The minimum Gasteiger partial charge on any atom is -0.497 e. The molecule has 0 aliphatic carbocycles. The highest BCUT2D eigenvalue weighted by Gasteiger charge is 2.19. The Hall–Kier alpha value is -2.61. The molecule has 29 heavy (non-hydrogen) atoms. The number of ether oxygens (including phenoxy) is 1. The normalized spacial score (nSPS) is 15.6. The molecule has 1 aromatic heterocycles. The Kier molecular flexibility index (Phi) is 7.86. The predicted octanol–water partition coefficient (Wildman–Crippen LogP) is 1.49. The first kappa shape index (κ1) is 21.1. The number of hydrogen-bond acceptors (Lipinski definition) is 5. The molecule has 1 aliphatic heterocycles. The number of piperidine rings is 1. The van der Waals surface area contributed by atoms with Gasteiger partial charge in [0.05, 0.1) is 13.2 Å². The second kappa shape index (κ2) is 10.8. The van der Waals surface area contributed by atoms with Crippen LogP contribution in [0.5, 0.6) is 5.75 Å². The number of methoxy groups -OCH3 is 1. The summed E-state index contributed by atoms with van der Waals surface area (Å²) in [6.07, 6.45) is 4.88. The number of rotatable bonds is 8. The fraction of sp³-hybridized carbons (Fsp3) is 0.571. The van der Waals surface area contributed by atoms with Gasteiger partial charge >= 0.3 is 0 Å². The molecular formula is C21H32N6O2. The van der Waals surface area contributed by atoms with E-state index >= 15 is 0 Å². The molecule has 2 heterocycles. The van der Waals surface area contributed by atoms with Gasteiger partial charge in [0.1, 0.15) is 17.9 Å². The number of hydrogen-bond donors (Lipinski definition) is 2. The maximum atomic E-state index is 9.82. The zero-order chi connectivity index (χ0) is 20.5. The third-order valence-corrected chi connectivity index (χ3v) is 5.23. The molecule has 1 fully saturated rings. The Bertz CT molecular complexity index is 766. The van der Waals surface area contributed by atoms with Gasteiger partial charge in [-0.2, -0.15) is 0 Å². The summed E-state index contributed by atoms with van der Waals surface area (Å²) in [5.74, 6) is 2.77. The Balaban J connectivity index is 1.58. The smallest absolute Gasteiger partial charge is 0.193 e. The summed E-state index contributed by atoms with van der Waals surface area (Å²) in [4.78, 5) is 7.09. The minimum absolute atomic E-state index is 0.198. The fourth-order valence-electron chi connectivity index (χ4n) is 3.46. The van der Waals surface area contributed by atoms with Gasteiger partial charge in [-0.1, -0.05) is 19.1 Å². The van der Waals surface area contributed by atoms with Gasteiger partial charge in [-0.3, -0.25) is 4.99 Å². The van der Waals surface area contributed by atoms with Crippen molar-refractivity contribution in [2.75, 3.05) is 33.3 Å². The van der Waals surface area contributed by atoms with Crippen molar-refractivity contribution >= 4 is 5.96 Å². The van der Waals surface area contributed by atoms with Crippen LogP contribution in [0.2, 0.25) is 0 Å². The molecule has 8 nitrogen and oxygen atoms in total. The number of likely N-dealkylation sites (tertiary alicyclic amines) is 1. The lowest BCUT2D eigenvalue weighted by molar-refractivity contribution is 0.108. The monoisotopic (exact) mass is 400 g/mol. The van der Waals surface area contributed by atoms with Crippen LogP contribution in [0.15, 0.2) is 35.6 Å². The van der Waals surface area contributed by atoms with Crippen LogP contribution < -0.4 is 10.1 Å². The average molecular weight is 401 g/mol. The van der Waals surface area contributed by atoms with E-state index in [1.807, 2.05) is 12.1 Å². The lowest BCUT2D eigenvalue weighted by Crippen LogP contribution is -2.47. The van der Waals surface area contributed by atoms with Crippen molar-refractivity contribution in [1.82, 2.24) is 25.0 Å². The molecule has 158 valence electrons. The Morgan fingerprint density at radius 3 is 2.72 bits per heavy atom. The van der Waals surface area contributed by atoms with E-state index in [1.54, 1.807) is 13.4 Å². The van der Waals surface area contributed by atoms with E-state index < -0.39 is 0 Å². The Morgan fingerprint density at radius 2 is 2.03 bits per heavy atom. The standard InChI is InChI=1S/C21H32N6O2/c1-3-20-25-24-16-27(20)15-12-23-21(26-13-9-18(28)10-14-26)22-11-8-17-4-6-19(29-2)7-5-17/h4-7,16,18,28H,3,8-15H2,1-2H3,(H,22,23). The second-order valence-electron chi connectivity index (χ2n) is 7.24. The summed E-state index contributed by atoms with van der Waals surface area (Å²) in [5, 5.41) is 21.4. The summed E-state index contributed by atoms with van der Waals surface area (Å²) < 4.78 is 7.29. The van der Waals surface area contributed by atoms with Crippen molar-refractivity contribution in [1.29, 1.82) is 0 Å². The van der Waals surface area contributed by atoms with E-state index in [-0.39, 0.29) is 6.10 Å². The molecule has 0 unspecified atom stereocenters. The van der Waals surface area contributed by atoms with Crippen LogP contribution in [0.25, 0.3) is 0 Å². The third kappa shape index (κ3) is 6.19. The van der Waals surface area contributed by atoms with Crippen LogP contribution in [0.3, 0.4) is 0 Å². The topological polar surface area (TPSA) is 87.8 Å². The highest BCUT2D eigenvalue weighted by atomic mass is 16.5. The molecule has 1 aromatic carbocycles. The van der Waals surface area contributed by atoms with Gasteiger partial charge < -0.3 is 24.6 Å². The number of aromatic nitrogens is 3. The summed E-state index contributed by atoms with van der Waals surface area (Å²) in [6, 6.07) is 8.12. The summed E-state index contributed by atoms with van der Waals surface area (Å²) in [7, 11) is 1.68. The maximum Gasteiger partial charge on any atom is 0.193 e. The molecule has 1 saturated heterocycles. The van der Waals surface area contributed by atoms with E-state index in [0.717, 1.165) is 69.4 Å². The number of aliphatic hydroxyl groups excluding tert-OH is 1. The third-order valence-electron chi connectivity index (χ3n) is 5.23. The fourth-order valence-corrected chi connectivity index (χ4v) is 3.46. The van der Waals surface area contributed by atoms with Crippen molar-refractivity contribution in [3.05, 3.63) is 42.0 Å². The van der Waals surface area contributed by atoms with Gasteiger partial charge in [0.25, 0.3) is 0 Å². The van der Waals surface area contributed by atoms with Crippen LogP contribution in [-0.2, 0) is 19.4 Å². The number of aryl methyl sites for hydroxylation is 1. The van der Waals surface area contributed by atoms with Crippen LogP contribution in [-0.4, -0.2) is 70.1 Å². The zero-order valence-electron chi connectivity index (χ0n) is 17.4. The molecule has 0 spiro atoms. The molecule has 0 radical (unpaired) electrons. The zero-order valence-corrected chi connectivity index (χ0v) is 17.4. The molecule has 0 atom stereocenters. The lowest BCUT2D eigenvalue weighted by atomic mass is 10.1. The highest BCUT2D eigenvalue weighted by Crippen LogP contribution is 2.13. The SMILES string of the molecule is CCc1nncn1CCNC(=NCCc1ccc(OC)cc1)N1CCC(O)CC1. The second-order valence-corrected chi connectivity index (χ2v) is 7.24. The van der Waals surface area contributed by atoms with E-state index in [1.165, 1.54) is 5.56 Å². The number of aliphatic hydroxyl groups is 1. The molecule has 0 amide bonds. The van der Waals surface area contributed by atoms with Gasteiger partial charge in [-0.05, 0) is 37.0 Å². The molecule has 0 saturated carbocycles. The first-order valence-corrected chi connectivity index (χ1v) is 10.4. The highest BCUT2D eigenvalue weighted by molar-refractivity contribution is 5.80. The van der Waals surface area contributed by atoms with E-state index in [4.69, 9.17) is 9.73 Å². The number of nitrogens with zero attached hydrogens (tertiary/aromatic N) is 5. The summed E-state index contributed by atoms with van der Waals surface area (Å²) >= 11 is 0. The molecule has 2 aromatic rings. The van der Waals surface area contributed by atoms with E-state index in [9.17, 15) is 5.11 Å². The number of benzene rings is 1. The van der Waals surface area contributed by atoms with Crippen molar-refractivity contribution in [3.8, 4) is 5.75 Å². The maximum absolute atomic E-state index is 9.82. The quantitative estimate of drug-likeness (QED) is 0.516. The van der Waals surface area contributed by atoms with Gasteiger partial charge in [-0.25, -0.2) is 0 Å². The van der Waals surface area contributed by atoms with Crippen LogP contribution in [0.4, 0.5) is 0 Å². The van der Waals surface area contributed by atoms with E-state index in [0.29, 0.717) is 6.54 Å². The lowest BCUT2D eigenvalue weighted by Gasteiger charge is -2.32. The minimum atomic E-state index is -0.198. The molecule has 1 aliphatic rings. The average Bonchev–Trinajstić information content (AvgIpc) is 3.21. The molecular weight excluding hydrogens is 368 g/mol. The number of guanidine groups is 1. The predicted molar refractivity (Wildman–Crippen MR) is 113 cm³/mol. The number of aliphatic imine (C=N–C) groups is 1. The van der Waals surface area contributed by atoms with Crippen molar-refractivity contribution in [2.24, 2.45) is 4.99 Å². The van der Waals surface area contributed by atoms with Gasteiger partial charge in [0.2, 0.25) is 0 Å². The van der Waals surface area contributed by atoms with E-state index in [2.05, 4.69) is 44.0 Å². The Labute approximate surface area is 172 Å². The van der Waals surface area contributed by atoms with Crippen molar-refractivity contribution < 1.29 is 9.84 Å². The summed E-state index contributed by atoms with van der Waals surface area (Å²) in [6.45, 7) is 5.99. The number of nitrogens with one attached hydrogen (secondary N) is 1. The van der Waals surface area contributed by atoms with Crippen LogP contribution >= 0.6 is 0 Å². The van der Waals surface area contributed by atoms with Crippen molar-refractivity contribution in [2.45, 2.75) is 45.3 Å². The van der Waals surface area contributed by atoms with Crippen molar-refractivity contribution in [3.63, 3.8) is 0 Å². The molecule has 3 rings (SSSR count). The largest absolute Gasteiger partial charge is 0.497 e. The van der Waals surface area contributed by atoms with Gasteiger partial charge in [0.15, 0.2) is 5.96 Å². The van der Waals surface area contributed by atoms with Gasteiger partial charge in [-0.15, -0.1) is 10.2 Å².